The third kappa shape index (κ3) is 5.00. The van der Waals surface area contributed by atoms with Crippen LogP contribution in [0.2, 0.25) is 0 Å². The quantitative estimate of drug-likeness (QED) is 0.612. The summed E-state index contributed by atoms with van der Waals surface area (Å²) >= 11 is 3.37. The lowest BCUT2D eigenvalue weighted by molar-refractivity contribution is -0.137. The van der Waals surface area contributed by atoms with Crippen LogP contribution in [0.1, 0.15) is 48.0 Å². The Balaban J connectivity index is 2.39. The van der Waals surface area contributed by atoms with E-state index in [1.54, 1.807) is 0 Å². The number of hydrogen-bond donors (Lipinski definition) is 1. The van der Waals surface area contributed by atoms with E-state index >= 15 is 0 Å². The van der Waals surface area contributed by atoms with Gasteiger partial charge in [-0.25, -0.2) is 0 Å². The Morgan fingerprint density at radius 3 is 2.44 bits per heavy atom. The van der Waals surface area contributed by atoms with Crippen molar-refractivity contribution in [3.05, 3.63) is 33.8 Å². The Morgan fingerprint density at radius 1 is 1.17 bits per heavy atom. The van der Waals surface area contributed by atoms with Crippen LogP contribution >= 0.6 is 15.9 Å². The van der Waals surface area contributed by atoms with Gasteiger partial charge in [0.25, 0.3) is 0 Å². The van der Waals surface area contributed by atoms with Gasteiger partial charge in [-0.3, -0.25) is 9.59 Å². The predicted molar refractivity (Wildman–Crippen MR) is 73.9 cm³/mol. The number of Topliss-reactive ketones (excluding diaryl/α,β-unsaturated/α-hetero) is 1. The Morgan fingerprint density at radius 2 is 1.83 bits per heavy atom. The summed E-state index contributed by atoms with van der Waals surface area (Å²) in [4.78, 5) is 22.3. The summed E-state index contributed by atoms with van der Waals surface area (Å²) in [5.74, 6) is -0.639. The van der Waals surface area contributed by atoms with Gasteiger partial charge in [-0.05, 0) is 37.5 Å². The maximum absolute atomic E-state index is 11.9. The van der Waals surface area contributed by atoms with E-state index in [1.807, 2.05) is 25.1 Å². The molecule has 0 bridgehead atoms. The van der Waals surface area contributed by atoms with E-state index in [0.29, 0.717) is 12.8 Å². The average Bonchev–Trinajstić information content (AvgIpc) is 2.27. The predicted octanol–water partition coefficient (Wildman–Crippen LogP) is 3.98. The molecule has 0 spiro atoms. The van der Waals surface area contributed by atoms with Crippen molar-refractivity contribution in [1.29, 1.82) is 0 Å². The third-order valence-electron chi connectivity index (χ3n) is 2.78. The van der Waals surface area contributed by atoms with Crippen molar-refractivity contribution in [2.75, 3.05) is 0 Å². The molecule has 1 aromatic rings. The van der Waals surface area contributed by atoms with Gasteiger partial charge in [0.15, 0.2) is 5.78 Å². The highest BCUT2D eigenvalue weighted by molar-refractivity contribution is 9.10. The van der Waals surface area contributed by atoms with Crippen molar-refractivity contribution in [3.63, 3.8) is 0 Å². The lowest BCUT2D eigenvalue weighted by atomic mass is 10.0. The highest BCUT2D eigenvalue weighted by Gasteiger charge is 2.09. The molecule has 0 amide bonds. The van der Waals surface area contributed by atoms with Crippen molar-refractivity contribution >= 4 is 27.7 Å². The molecule has 0 aliphatic rings. The number of ketones is 1. The summed E-state index contributed by atoms with van der Waals surface area (Å²) in [5.41, 5.74) is 1.73. The SMILES string of the molecule is Cc1cc(Br)ccc1C(=O)CCCCCC(=O)O. The zero-order chi connectivity index (χ0) is 13.5. The molecule has 18 heavy (non-hydrogen) atoms. The molecular formula is C14H17BrO3. The second-order valence-corrected chi connectivity index (χ2v) is 5.25. The molecule has 0 atom stereocenters. The second-order valence-electron chi connectivity index (χ2n) is 4.34. The molecule has 1 N–H and O–H groups in total. The van der Waals surface area contributed by atoms with Gasteiger partial charge in [0, 0.05) is 22.9 Å². The average molecular weight is 313 g/mol. The molecule has 0 fully saturated rings. The number of carboxylic acids is 1. The molecule has 0 radical (unpaired) electrons. The van der Waals surface area contributed by atoms with E-state index in [9.17, 15) is 9.59 Å². The highest BCUT2D eigenvalue weighted by atomic mass is 79.9. The molecule has 0 aliphatic carbocycles. The Hall–Kier alpha value is -1.16. The minimum Gasteiger partial charge on any atom is -0.481 e. The lowest BCUT2D eigenvalue weighted by Crippen LogP contribution is -2.02. The van der Waals surface area contributed by atoms with Crippen molar-refractivity contribution in [2.24, 2.45) is 0 Å². The first kappa shape index (κ1) is 14.9. The van der Waals surface area contributed by atoms with Crippen LogP contribution in [-0.2, 0) is 4.79 Å². The molecule has 0 aromatic heterocycles. The molecule has 1 rings (SSSR count). The summed E-state index contributed by atoms with van der Waals surface area (Å²) in [6, 6.07) is 5.63. The van der Waals surface area contributed by atoms with Gasteiger partial charge in [0.05, 0.1) is 0 Å². The monoisotopic (exact) mass is 312 g/mol. The second kappa shape index (κ2) is 7.31. The van der Waals surface area contributed by atoms with Crippen LogP contribution in [0.4, 0.5) is 0 Å². The number of benzene rings is 1. The zero-order valence-electron chi connectivity index (χ0n) is 10.4. The van der Waals surface area contributed by atoms with Gasteiger partial charge in [-0.1, -0.05) is 28.4 Å². The topological polar surface area (TPSA) is 54.4 Å². The fourth-order valence-corrected chi connectivity index (χ4v) is 2.29. The van der Waals surface area contributed by atoms with Crippen LogP contribution in [-0.4, -0.2) is 16.9 Å². The standard InChI is InChI=1S/C14H17BrO3/c1-10-9-11(15)7-8-12(10)13(16)5-3-2-4-6-14(17)18/h7-9H,2-6H2,1H3,(H,17,18). The molecular weight excluding hydrogens is 296 g/mol. The summed E-state index contributed by atoms with van der Waals surface area (Å²) < 4.78 is 0.970. The molecule has 4 heteroatoms. The number of carbonyl (C=O) groups excluding carboxylic acids is 1. The first-order chi connectivity index (χ1) is 8.50. The summed E-state index contributed by atoms with van der Waals surface area (Å²) in [5, 5.41) is 8.49. The van der Waals surface area contributed by atoms with Crippen LogP contribution in [0.25, 0.3) is 0 Å². The van der Waals surface area contributed by atoms with E-state index < -0.39 is 5.97 Å². The summed E-state index contributed by atoms with van der Waals surface area (Å²) in [7, 11) is 0. The molecule has 0 aliphatic heterocycles. The van der Waals surface area contributed by atoms with Crippen molar-refractivity contribution in [1.82, 2.24) is 0 Å². The normalized spacial score (nSPS) is 10.3. The molecule has 0 saturated carbocycles. The smallest absolute Gasteiger partial charge is 0.303 e. The van der Waals surface area contributed by atoms with Crippen LogP contribution in [0.15, 0.2) is 22.7 Å². The number of halogens is 1. The third-order valence-corrected chi connectivity index (χ3v) is 3.28. The Kier molecular flexibility index (Phi) is 6.05. The highest BCUT2D eigenvalue weighted by Crippen LogP contribution is 2.18. The van der Waals surface area contributed by atoms with Gasteiger partial charge < -0.3 is 5.11 Å². The minimum absolute atomic E-state index is 0.135. The van der Waals surface area contributed by atoms with Crippen molar-refractivity contribution in [2.45, 2.75) is 39.0 Å². The Labute approximate surface area is 115 Å². The van der Waals surface area contributed by atoms with Gasteiger partial charge in [-0.2, -0.15) is 0 Å². The molecule has 98 valence electrons. The van der Waals surface area contributed by atoms with Gasteiger partial charge >= 0.3 is 5.97 Å². The maximum Gasteiger partial charge on any atom is 0.303 e. The van der Waals surface area contributed by atoms with Crippen molar-refractivity contribution < 1.29 is 14.7 Å². The van der Waals surface area contributed by atoms with E-state index in [1.165, 1.54) is 0 Å². The molecule has 0 saturated heterocycles. The van der Waals surface area contributed by atoms with E-state index in [2.05, 4.69) is 15.9 Å². The van der Waals surface area contributed by atoms with Crippen LogP contribution in [0, 0.1) is 6.92 Å². The maximum atomic E-state index is 11.9. The first-order valence-corrected chi connectivity index (χ1v) is 6.81. The lowest BCUT2D eigenvalue weighted by Gasteiger charge is -2.05. The van der Waals surface area contributed by atoms with E-state index in [0.717, 1.165) is 28.4 Å². The summed E-state index contributed by atoms with van der Waals surface area (Å²) in [6.07, 6.45) is 2.85. The largest absolute Gasteiger partial charge is 0.481 e. The van der Waals surface area contributed by atoms with Gasteiger partial charge in [0.2, 0.25) is 0 Å². The molecule has 0 unspecified atom stereocenters. The number of aliphatic carboxylic acids is 1. The Bertz CT molecular complexity index is 441. The van der Waals surface area contributed by atoms with Gasteiger partial charge in [0.1, 0.15) is 0 Å². The van der Waals surface area contributed by atoms with Crippen LogP contribution < -0.4 is 0 Å². The van der Waals surface area contributed by atoms with Crippen molar-refractivity contribution in [3.8, 4) is 0 Å². The van der Waals surface area contributed by atoms with E-state index in [-0.39, 0.29) is 12.2 Å². The summed E-state index contributed by atoms with van der Waals surface area (Å²) in [6.45, 7) is 1.92. The number of unbranched alkanes of at least 4 members (excludes halogenated alkanes) is 2. The molecule has 3 nitrogen and oxygen atoms in total. The number of carbonyl (C=O) groups is 2. The number of aryl methyl sites for hydroxylation is 1. The minimum atomic E-state index is -0.773. The fourth-order valence-electron chi connectivity index (χ4n) is 1.81. The fraction of sp³-hybridized carbons (Fsp3) is 0.429. The molecule has 0 heterocycles. The number of hydrogen-bond acceptors (Lipinski definition) is 2. The number of rotatable bonds is 7. The number of carboxylic acid groups (broad SMARTS) is 1. The van der Waals surface area contributed by atoms with E-state index in [4.69, 9.17) is 5.11 Å². The van der Waals surface area contributed by atoms with Crippen LogP contribution in [0.3, 0.4) is 0 Å². The first-order valence-electron chi connectivity index (χ1n) is 6.02. The molecule has 1 aromatic carbocycles. The zero-order valence-corrected chi connectivity index (χ0v) is 12.0. The van der Waals surface area contributed by atoms with Gasteiger partial charge in [-0.15, -0.1) is 0 Å². The van der Waals surface area contributed by atoms with Crippen LogP contribution in [0.5, 0.6) is 0 Å².